The normalized spacial score (nSPS) is 11.5. The number of hydrogen-bond donors (Lipinski definition) is 2. The third-order valence-electron chi connectivity index (χ3n) is 7.55. The minimum absolute atomic E-state index is 0. The van der Waals surface area contributed by atoms with Gasteiger partial charge in [-0.15, -0.1) is 38.0 Å². The molecule has 4 aromatic rings. The van der Waals surface area contributed by atoms with Gasteiger partial charge in [-0.2, -0.15) is 0 Å². The van der Waals surface area contributed by atoms with Crippen molar-refractivity contribution in [3.05, 3.63) is 77.5 Å². The fourth-order valence-corrected chi connectivity index (χ4v) is 5.38. The standard InChI is InChI=1S/C33H42F3N5O3.2ClH/c1-39(12-13-40(2)21-24-14-27(42-3)18-28(15-24)43-4)20-23-6-9-32-30(16-23)31(22-41(32)11-5-10-37)29-8-7-26(17-25(29)19-38)44-33(34,35)36;;/h6-9,14-18,22H,5,10-13,19-21,37-38H2,1-4H3;2*1H. The largest absolute Gasteiger partial charge is 0.573 e. The maximum Gasteiger partial charge on any atom is 0.573 e. The second-order valence-electron chi connectivity index (χ2n) is 11.0. The van der Waals surface area contributed by atoms with Crippen molar-refractivity contribution < 1.29 is 27.4 Å². The van der Waals surface area contributed by atoms with Gasteiger partial charge in [0.05, 0.1) is 14.2 Å². The van der Waals surface area contributed by atoms with Crippen LogP contribution in [0.2, 0.25) is 0 Å². The van der Waals surface area contributed by atoms with E-state index in [1.54, 1.807) is 20.3 Å². The zero-order valence-electron chi connectivity index (χ0n) is 26.6. The number of aromatic nitrogens is 1. The minimum Gasteiger partial charge on any atom is -0.497 e. The summed E-state index contributed by atoms with van der Waals surface area (Å²) >= 11 is 0. The van der Waals surface area contributed by atoms with Gasteiger partial charge in [0, 0.05) is 68.0 Å². The second-order valence-corrected chi connectivity index (χ2v) is 11.0. The average molecular weight is 687 g/mol. The Morgan fingerprint density at radius 1 is 0.761 bits per heavy atom. The lowest BCUT2D eigenvalue weighted by Crippen LogP contribution is -2.30. The molecule has 3 aromatic carbocycles. The summed E-state index contributed by atoms with van der Waals surface area (Å²) in [6.45, 7) is 4.53. The van der Waals surface area contributed by atoms with E-state index >= 15 is 0 Å². The van der Waals surface area contributed by atoms with Gasteiger partial charge in [-0.1, -0.05) is 12.1 Å². The van der Waals surface area contributed by atoms with Gasteiger partial charge in [0.25, 0.3) is 0 Å². The molecule has 0 spiro atoms. The van der Waals surface area contributed by atoms with E-state index in [4.69, 9.17) is 20.9 Å². The highest BCUT2D eigenvalue weighted by Crippen LogP contribution is 2.36. The van der Waals surface area contributed by atoms with E-state index in [1.807, 2.05) is 24.4 Å². The molecule has 0 unspecified atom stereocenters. The molecule has 0 atom stereocenters. The van der Waals surface area contributed by atoms with Crippen molar-refractivity contribution in [1.29, 1.82) is 0 Å². The Labute approximate surface area is 281 Å². The van der Waals surface area contributed by atoms with Crippen LogP contribution in [0.25, 0.3) is 22.0 Å². The van der Waals surface area contributed by atoms with Crippen molar-refractivity contribution in [1.82, 2.24) is 14.4 Å². The number of likely N-dealkylation sites (N-methyl/N-ethyl adjacent to an activating group) is 2. The Bertz CT molecular complexity index is 1530. The zero-order chi connectivity index (χ0) is 31.9. The number of fused-ring (bicyclic) bond motifs is 1. The van der Waals surface area contributed by atoms with Gasteiger partial charge in [-0.3, -0.25) is 0 Å². The van der Waals surface area contributed by atoms with E-state index < -0.39 is 6.36 Å². The highest BCUT2D eigenvalue weighted by atomic mass is 35.5. The molecule has 1 aromatic heterocycles. The first-order chi connectivity index (χ1) is 21.0. The molecule has 0 radical (unpaired) electrons. The van der Waals surface area contributed by atoms with Crippen molar-refractivity contribution >= 4 is 35.7 Å². The average Bonchev–Trinajstić information content (AvgIpc) is 3.35. The Morgan fingerprint density at radius 2 is 1.39 bits per heavy atom. The van der Waals surface area contributed by atoms with E-state index in [0.717, 1.165) is 83.8 Å². The van der Waals surface area contributed by atoms with Crippen LogP contribution in [0.1, 0.15) is 23.1 Å². The molecule has 46 heavy (non-hydrogen) atoms. The molecular formula is C33H44Cl2F3N5O3. The maximum absolute atomic E-state index is 12.8. The number of benzene rings is 3. The third-order valence-corrected chi connectivity index (χ3v) is 7.55. The summed E-state index contributed by atoms with van der Waals surface area (Å²) in [5.74, 6) is 1.24. The number of hydrogen-bond acceptors (Lipinski definition) is 7. The monoisotopic (exact) mass is 685 g/mol. The molecule has 4 rings (SSSR count). The van der Waals surface area contributed by atoms with E-state index in [2.05, 4.69) is 51.4 Å². The van der Waals surface area contributed by atoms with Gasteiger partial charge in [-0.05, 0) is 85.7 Å². The number of ether oxygens (including phenoxy) is 3. The molecule has 8 nitrogen and oxygen atoms in total. The third kappa shape index (κ3) is 10.4. The molecule has 4 N–H and O–H groups in total. The maximum atomic E-state index is 12.8. The molecule has 1 heterocycles. The van der Waals surface area contributed by atoms with Crippen LogP contribution in [0.15, 0.2) is 60.8 Å². The lowest BCUT2D eigenvalue weighted by atomic mass is 9.98. The van der Waals surface area contributed by atoms with Crippen LogP contribution < -0.4 is 25.7 Å². The van der Waals surface area contributed by atoms with Gasteiger partial charge >= 0.3 is 6.36 Å². The van der Waals surface area contributed by atoms with Gasteiger partial charge in [0.1, 0.15) is 17.2 Å². The highest BCUT2D eigenvalue weighted by molar-refractivity contribution is 5.97. The molecule has 0 fully saturated rings. The summed E-state index contributed by atoms with van der Waals surface area (Å²) in [6.07, 6.45) is -1.94. The number of nitrogens with zero attached hydrogens (tertiary/aromatic N) is 3. The highest BCUT2D eigenvalue weighted by Gasteiger charge is 2.31. The molecule has 0 bridgehead atoms. The fourth-order valence-electron chi connectivity index (χ4n) is 5.38. The summed E-state index contributed by atoms with van der Waals surface area (Å²) in [7, 11) is 7.47. The van der Waals surface area contributed by atoms with Gasteiger partial charge in [0.2, 0.25) is 0 Å². The van der Waals surface area contributed by atoms with E-state index in [1.165, 1.54) is 12.1 Å². The zero-order valence-corrected chi connectivity index (χ0v) is 28.2. The van der Waals surface area contributed by atoms with E-state index in [-0.39, 0.29) is 37.1 Å². The Morgan fingerprint density at radius 3 is 1.96 bits per heavy atom. The summed E-state index contributed by atoms with van der Waals surface area (Å²) in [6, 6.07) is 16.6. The quantitative estimate of drug-likeness (QED) is 0.149. The number of rotatable bonds is 15. The molecule has 0 saturated heterocycles. The van der Waals surface area contributed by atoms with Crippen molar-refractivity contribution in [2.75, 3.05) is 47.9 Å². The van der Waals surface area contributed by atoms with Crippen LogP contribution in [-0.2, 0) is 26.2 Å². The number of aryl methyl sites for hydroxylation is 1. The molecule has 0 aliphatic rings. The van der Waals surface area contributed by atoms with Gasteiger partial charge in [-0.25, -0.2) is 0 Å². The first kappa shape index (κ1) is 39.0. The van der Waals surface area contributed by atoms with Gasteiger partial charge < -0.3 is 40.0 Å². The van der Waals surface area contributed by atoms with Crippen molar-refractivity contribution in [3.8, 4) is 28.4 Å². The number of halogens is 5. The lowest BCUT2D eigenvalue weighted by molar-refractivity contribution is -0.274. The Balaban J connectivity index is 0.00000368. The number of alkyl halides is 3. The predicted molar refractivity (Wildman–Crippen MR) is 182 cm³/mol. The Kier molecular flexibility index (Phi) is 15.0. The van der Waals surface area contributed by atoms with E-state index in [9.17, 15) is 13.2 Å². The van der Waals surface area contributed by atoms with Gasteiger partial charge in [0.15, 0.2) is 0 Å². The molecule has 0 saturated carbocycles. The first-order valence-electron chi connectivity index (χ1n) is 14.5. The van der Waals surface area contributed by atoms with Crippen LogP contribution in [0.5, 0.6) is 17.2 Å². The second kappa shape index (κ2) is 17.7. The van der Waals surface area contributed by atoms with Crippen LogP contribution in [0.3, 0.4) is 0 Å². The summed E-state index contributed by atoms with van der Waals surface area (Å²) < 4.78 is 55.6. The SMILES string of the molecule is COc1cc(CN(C)CCN(C)Cc2ccc3c(c2)c(-c2ccc(OC(F)(F)F)cc2CN)cn3CCCN)cc(OC)c1.Cl.Cl. The molecule has 0 aliphatic heterocycles. The van der Waals surface area contributed by atoms with Crippen molar-refractivity contribution in [3.63, 3.8) is 0 Å². The van der Waals surface area contributed by atoms with Crippen LogP contribution in [0.4, 0.5) is 13.2 Å². The number of nitrogens with two attached hydrogens (primary N) is 2. The molecule has 254 valence electrons. The summed E-state index contributed by atoms with van der Waals surface area (Å²) in [5.41, 5.74) is 17.3. The molecule has 0 amide bonds. The van der Waals surface area contributed by atoms with Crippen molar-refractivity contribution in [2.24, 2.45) is 11.5 Å². The lowest BCUT2D eigenvalue weighted by Gasteiger charge is -2.22. The summed E-state index contributed by atoms with van der Waals surface area (Å²) in [5, 5.41) is 1.01. The number of methoxy groups -OCH3 is 2. The molecular weight excluding hydrogens is 642 g/mol. The minimum atomic E-state index is -4.77. The molecule has 13 heteroatoms. The molecule has 0 aliphatic carbocycles. The fraction of sp³-hybridized carbons (Fsp3) is 0.394. The Hall–Kier alpha value is -3.19. The predicted octanol–water partition coefficient (Wildman–Crippen LogP) is 6.44. The van der Waals surface area contributed by atoms with Crippen LogP contribution in [-0.4, -0.2) is 68.7 Å². The van der Waals surface area contributed by atoms with Crippen molar-refractivity contribution in [2.45, 2.75) is 39.0 Å². The summed E-state index contributed by atoms with van der Waals surface area (Å²) in [4.78, 5) is 4.52. The smallest absolute Gasteiger partial charge is 0.497 e. The van der Waals surface area contributed by atoms with E-state index in [0.29, 0.717) is 12.1 Å². The van der Waals surface area contributed by atoms with Crippen LogP contribution >= 0.6 is 24.8 Å². The van der Waals surface area contributed by atoms with Crippen LogP contribution in [0, 0.1) is 0 Å². The topological polar surface area (TPSA) is 91.1 Å². The first-order valence-corrected chi connectivity index (χ1v) is 14.5.